The zero-order chi connectivity index (χ0) is 12.4. The molecule has 0 radical (unpaired) electrons. The van der Waals surface area contributed by atoms with Crippen molar-refractivity contribution in [3.05, 3.63) is 40.1 Å². The van der Waals surface area contributed by atoms with Crippen molar-refractivity contribution >= 4 is 11.3 Å². The summed E-state index contributed by atoms with van der Waals surface area (Å²) in [6.07, 6.45) is 0. The van der Waals surface area contributed by atoms with Crippen LogP contribution in [0.1, 0.15) is 10.4 Å². The lowest BCUT2D eigenvalue weighted by molar-refractivity contribution is 0.173. The molecule has 94 valence electrons. The second-order valence-electron chi connectivity index (χ2n) is 3.84. The van der Waals surface area contributed by atoms with Gasteiger partial charge in [-0.15, -0.1) is 11.3 Å². The molecule has 18 heavy (non-hydrogen) atoms. The molecule has 1 aliphatic heterocycles. The fraction of sp³-hybridized carbons (Fsp3) is 0.231. The fourth-order valence-corrected chi connectivity index (χ4v) is 2.38. The van der Waals surface area contributed by atoms with E-state index in [-0.39, 0.29) is 13.4 Å². The van der Waals surface area contributed by atoms with Crippen LogP contribution in [-0.2, 0) is 13.2 Å². The summed E-state index contributed by atoms with van der Waals surface area (Å²) in [7, 11) is 0. The average Bonchev–Trinajstić information content (AvgIpc) is 3.05. The van der Waals surface area contributed by atoms with E-state index in [9.17, 15) is 5.11 Å². The van der Waals surface area contributed by atoms with Crippen molar-refractivity contribution < 1.29 is 19.3 Å². The van der Waals surface area contributed by atoms with E-state index >= 15 is 0 Å². The summed E-state index contributed by atoms with van der Waals surface area (Å²) in [6, 6.07) is 7.51. The summed E-state index contributed by atoms with van der Waals surface area (Å²) in [5.74, 6) is 1.95. The number of aliphatic hydroxyl groups excluding tert-OH is 1. The van der Waals surface area contributed by atoms with Crippen molar-refractivity contribution in [1.82, 2.24) is 0 Å². The Bertz CT molecular complexity index is 536. The molecule has 0 bridgehead atoms. The minimum absolute atomic E-state index is 0.0869. The lowest BCUT2D eigenvalue weighted by Crippen LogP contribution is -1.97. The van der Waals surface area contributed by atoms with E-state index in [1.54, 1.807) is 23.5 Å². The molecule has 0 unspecified atom stereocenters. The van der Waals surface area contributed by atoms with Crippen LogP contribution in [0.15, 0.2) is 29.6 Å². The molecule has 3 rings (SSSR count). The summed E-state index contributed by atoms with van der Waals surface area (Å²) in [5.41, 5.74) is 0.704. The summed E-state index contributed by atoms with van der Waals surface area (Å²) in [4.78, 5) is 1.14. The highest BCUT2D eigenvalue weighted by Crippen LogP contribution is 2.38. The van der Waals surface area contributed by atoms with Gasteiger partial charge in [0, 0.05) is 16.5 Å². The number of aliphatic hydroxyl groups is 1. The van der Waals surface area contributed by atoms with Gasteiger partial charge < -0.3 is 19.3 Å². The van der Waals surface area contributed by atoms with E-state index in [0.717, 1.165) is 4.88 Å². The second-order valence-corrected chi connectivity index (χ2v) is 4.87. The maximum atomic E-state index is 9.33. The highest BCUT2D eigenvalue weighted by Gasteiger charge is 2.17. The molecular formula is C13H12O4S. The zero-order valence-electron chi connectivity index (χ0n) is 9.59. The highest BCUT2D eigenvalue weighted by atomic mass is 32.1. The Balaban J connectivity index is 1.82. The summed E-state index contributed by atoms with van der Waals surface area (Å²) in [6.45, 7) is 0.620. The van der Waals surface area contributed by atoms with Gasteiger partial charge in [0.25, 0.3) is 0 Å². The molecule has 0 spiro atoms. The van der Waals surface area contributed by atoms with Crippen molar-refractivity contribution in [3.8, 4) is 17.2 Å². The molecule has 0 atom stereocenters. The normalized spacial score (nSPS) is 12.7. The number of ether oxygens (including phenoxy) is 3. The predicted octanol–water partition coefficient (Wildman–Crippen LogP) is 2.55. The fourth-order valence-electron chi connectivity index (χ4n) is 1.77. The Morgan fingerprint density at radius 1 is 1.28 bits per heavy atom. The van der Waals surface area contributed by atoms with Crippen LogP contribution >= 0.6 is 11.3 Å². The van der Waals surface area contributed by atoms with Gasteiger partial charge in [-0.3, -0.25) is 0 Å². The molecule has 0 aliphatic carbocycles. The van der Waals surface area contributed by atoms with Crippen molar-refractivity contribution in [2.24, 2.45) is 0 Å². The summed E-state index contributed by atoms with van der Waals surface area (Å²) < 4.78 is 16.3. The first kappa shape index (κ1) is 11.4. The topological polar surface area (TPSA) is 47.9 Å². The first-order valence-electron chi connectivity index (χ1n) is 5.55. The number of thiophene rings is 1. The third kappa shape index (κ3) is 2.14. The Kier molecular flexibility index (Phi) is 3.08. The third-order valence-electron chi connectivity index (χ3n) is 2.68. The van der Waals surface area contributed by atoms with E-state index in [2.05, 4.69) is 0 Å². The van der Waals surface area contributed by atoms with Crippen LogP contribution in [0.4, 0.5) is 0 Å². The van der Waals surface area contributed by atoms with Crippen molar-refractivity contribution in [2.75, 3.05) is 6.79 Å². The molecule has 4 nitrogen and oxygen atoms in total. The number of hydrogen-bond donors (Lipinski definition) is 1. The van der Waals surface area contributed by atoms with Gasteiger partial charge in [0.05, 0.1) is 6.61 Å². The SMILES string of the molecule is OCc1cc2c(cc1OCc1cccs1)OCO2. The molecule has 0 fully saturated rings. The first-order chi connectivity index (χ1) is 8.86. The van der Waals surface area contributed by atoms with E-state index in [0.29, 0.717) is 29.4 Å². The molecular weight excluding hydrogens is 252 g/mol. The van der Waals surface area contributed by atoms with Crippen LogP contribution in [0, 0.1) is 0 Å². The maximum Gasteiger partial charge on any atom is 0.231 e. The van der Waals surface area contributed by atoms with Crippen molar-refractivity contribution in [1.29, 1.82) is 0 Å². The van der Waals surface area contributed by atoms with Gasteiger partial charge >= 0.3 is 0 Å². The smallest absolute Gasteiger partial charge is 0.231 e. The Morgan fingerprint density at radius 3 is 2.83 bits per heavy atom. The molecule has 1 aliphatic rings. The van der Waals surface area contributed by atoms with Crippen LogP contribution in [0.25, 0.3) is 0 Å². The van der Waals surface area contributed by atoms with E-state index < -0.39 is 0 Å². The van der Waals surface area contributed by atoms with Crippen molar-refractivity contribution in [3.63, 3.8) is 0 Å². The molecule has 0 saturated heterocycles. The van der Waals surface area contributed by atoms with Gasteiger partial charge in [-0.25, -0.2) is 0 Å². The number of rotatable bonds is 4. The minimum Gasteiger partial charge on any atom is -0.488 e. The number of fused-ring (bicyclic) bond motifs is 1. The molecule has 1 N–H and O–H groups in total. The zero-order valence-corrected chi connectivity index (χ0v) is 10.4. The second kappa shape index (κ2) is 4.88. The molecule has 2 aromatic rings. The Labute approximate surface area is 108 Å². The maximum absolute atomic E-state index is 9.33. The van der Waals surface area contributed by atoms with Crippen LogP contribution in [-0.4, -0.2) is 11.9 Å². The third-order valence-corrected chi connectivity index (χ3v) is 3.53. The molecule has 0 amide bonds. The van der Waals surface area contributed by atoms with E-state index in [1.807, 2.05) is 17.5 Å². The van der Waals surface area contributed by atoms with Gasteiger partial charge in [0.2, 0.25) is 6.79 Å². The van der Waals surface area contributed by atoms with Gasteiger partial charge in [-0.2, -0.15) is 0 Å². The van der Waals surface area contributed by atoms with Gasteiger partial charge in [-0.05, 0) is 17.5 Å². The monoisotopic (exact) mass is 264 g/mol. The minimum atomic E-state index is -0.0869. The molecule has 2 heterocycles. The first-order valence-corrected chi connectivity index (χ1v) is 6.43. The van der Waals surface area contributed by atoms with E-state index in [4.69, 9.17) is 14.2 Å². The van der Waals surface area contributed by atoms with Gasteiger partial charge in [0.1, 0.15) is 12.4 Å². The van der Waals surface area contributed by atoms with Crippen LogP contribution in [0.3, 0.4) is 0 Å². The van der Waals surface area contributed by atoms with Crippen LogP contribution in [0.5, 0.6) is 17.2 Å². The van der Waals surface area contributed by atoms with Crippen molar-refractivity contribution in [2.45, 2.75) is 13.2 Å². The molecule has 1 aromatic carbocycles. The van der Waals surface area contributed by atoms with Gasteiger partial charge in [-0.1, -0.05) is 6.07 Å². The Hall–Kier alpha value is -1.72. The van der Waals surface area contributed by atoms with E-state index in [1.165, 1.54) is 0 Å². The average molecular weight is 264 g/mol. The standard InChI is InChI=1S/C13H12O4S/c14-6-9-4-12-13(17-8-16-12)5-11(9)15-7-10-2-1-3-18-10/h1-5,14H,6-8H2. The molecule has 1 aromatic heterocycles. The Morgan fingerprint density at radius 2 is 2.11 bits per heavy atom. The van der Waals surface area contributed by atoms with Crippen LogP contribution < -0.4 is 14.2 Å². The summed E-state index contributed by atoms with van der Waals surface area (Å²) in [5, 5.41) is 11.3. The predicted molar refractivity (Wildman–Crippen MR) is 67.1 cm³/mol. The highest BCUT2D eigenvalue weighted by molar-refractivity contribution is 7.09. The molecule has 5 heteroatoms. The van der Waals surface area contributed by atoms with Gasteiger partial charge in [0.15, 0.2) is 11.5 Å². The quantitative estimate of drug-likeness (QED) is 0.922. The molecule has 0 saturated carbocycles. The lowest BCUT2D eigenvalue weighted by Gasteiger charge is -2.10. The summed E-state index contributed by atoms with van der Waals surface area (Å²) >= 11 is 1.64. The number of benzene rings is 1. The van der Waals surface area contributed by atoms with Crippen LogP contribution in [0.2, 0.25) is 0 Å². The lowest BCUT2D eigenvalue weighted by atomic mass is 10.2. The number of hydrogen-bond acceptors (Lipinski definition) is 5. The largest absolute Gasteiger partial charge is 0.488 e.